The summed E-state index contributed by atoms with van der Waals surface area (Å²) in [6.07, 6.45) is 0. The van der Waals surface area contributed by atoms with Gasteiger partial charge in [0.05, 0.1) is 0 Å². The molecule has 12 rings (SSSR count). The summed E-state index contributed by atoms with van der Waals surface area (Å²) in [5.41, 5.74) is 10.5. The Morgan fingerprint density at radius 2 is 0.547 bits per heavy atom. The highest BCUT2D eigenvalue weighted by atomic mass is 15.1. The summed E-state index contributed by atoms with van der Waals surface area (Å²) >= 11 is 0. The number of benzene rings is 7. The number of hydrogen-bond acceptors (Lipinski definition) is 6. The second-order valence-corrected chi connectivity index (χ2v) is 19.1. The van der Waals surface area contributed by atoms with Crippen LogP contribution < -0.4 is 0 Å². The molecule has 2 atom stereocenters. The van der Waals surface area contributed by atoms with E-state index < -0.39 is 10.8 Å². The zero-order valence-electron chi connectivity index (χ0n) is 37.0. The van der Waals surface area contributed by atoms with Crippen molar-refractivity contribution in [2.24, 2.45) is 0 Å². The Morgan fingerprint density at radius 1 is 0.281 bits per heavy atom. The normalized spacial score (nSPS) is 17.3. The van der Waals surface area contributed by atoms with Crippen molar-refractivity contribution in [3.8, 4) is 45.6 Å². The molecule has 0 saturated carbocycles. The largest absolute Gasteiger partial charge is 0.211 e. The lowest BCUT2D eigenvalue weighted by atomic mass is 9.46. The van der Waals surface area contributed by atoms with Gasteiger partial charge in [0, 0.05) is 22.3 Å². The minimum atomic E-state index is -0.964. The summed E-state index contributed by atoms with van der Waals surface area (Å²) in [5.74, 6) is 3.83. The fraction of sp³-hybridized carbons (Fsp3) is 0.172. The molecule has 2 bridgehead atoms. The van der Waals surface area contributed by atoms with Gasteiger partial charge in [0.25, 0.3) is 0 Å². The predicted molar refractivity (Wildman–Crippen MR) is 256 cm³/mol. The zero-order chi connectivity index (χ0) is 43.8. The summed E-state index contributed by atoms with van der Waals surface area (Å²) in [6, 6.07) is 64.1. The molecular weight excluding hydrogens is 781 g/mol. The molecule has 64 heavy (non-hydrogen) atoms. The first-order chi connectivity index (χ1) is 31.0. The van der Waals surface area contributed by atoms with Gasteiger partial charge in [-0.3, -0.25) is 0 Å². The van der Waals surface area contributed by atoms with E-state index in [1.807, 2.05) is 72.8 Å². The predicted octanol–water partition coefficient (Wildman–Crippen LogP) is 12.7. The van der Waals surface area contributed by atoms with Crippen LogP contribution in [0.3, 0.4) is 0 Å². The van der Waals surface area contributed by atoms with Crippen LogP contribution in [0.2, 0.25) is 0 Å². The molecule has 0 amide bonds. The summed E-state index contributed by atoms with van der Waals surface area (Å²) in [4.78, 5) is 32.9. The van der Waals surface area contributed by atoms with E-state index in [-0.39, 0.29) is 10.8 Å². The number of aromatic nitrogens is 6. The maximum absolute atomic E-state index is 5.62. The minimum absolute atomic E-state index is 0.170. The van der Waals surface area contributed by atoms with Gasteiger partial charge in [0.15, 0.2) is 34.9 Å². The Balaban J connectivity index is 1.34. The lowest BCUT2D eigenvalue weighted by Gasteiger charge is -2.55. The molecule has 310 valence electrons. The van der Waals surface area contributed by atoms with Crippen molar-refractivity contribution in [2.45, 2.75) is 63.2 Å². The maximum Gasteiger partial charge on any atom is 0.163 e. The molecule has 0 spiro atoms. The summed E-state index contributed by atoms with van der Waals surface area (Å²) in [6.45, 7) is 13.7. The molecule has 0 fully saturated rings. The summed E-state index contributed by atoms with van der Waals surface area (Å²) < 4.78 is 0. The first-order valence-corrected chi connectivity index (χ1v) is 22.1. The van der Waals surface area contributed by atoms with Crippen molar-refractivity contribution in [3.05, 3.63) is 238 Å². The third kappa shape index (κ3) is 6.00. The van der Waals surface area contributed by atoms with Crippen LogP contribution in [0, 0.1) is 0 Å². The van der Waals surface area contributed by atoms with E-state index >= 15 is 0 Å². The molecule has 3 aliphatic carbocycles. The highest BCUT2D eigenvalue weighted by Gasteiger charge is 2.63. The molecule has 0 N–H and O–H groups in total. The second-order valence-electron chi connectivity index (χ2n) is 19.1. The molecule has 2 aromatic heterocycles. The fourth-order valence-corrected chi connectivity index (χ4v) is 9.98. The van der Waals surface area contributed by atoms with Crippen LogP contribution in [0.4, 0.5) is 0 Å². The van der Waals surface area contributed by atoms with E-state index in [1.165, 1.54) is 11.1 Å². The Morgan fingerprint density at radius 3 is 0.828 bits per heavy atom. The lowest BCUT2D eigenvalue weighted by molar-refractivity contribution is 0.507. The van der Waals surface area contributed by atoms with Crippen LogP contribution in [-0.2, 0) is 21.7 Å². The van der Waals surface area contributed by atoms with Crippen molar-refractivity contribution < 1.29 is 0 Å². The number of nitrogens with zero attached hydrogens (tertiary/aromatic N) is 6. The van der Waals surface area contributed by atoms with Gasteiger partial charge >= 0.3 is 0 Å². The lowest BCUT2D eigenvalue weighted by Crippen LogP contribution is -2.53. The molecule has 2 heterocycles. The van der Waals surface area contributed by atoms with E-state index in [9.17, 15) is 0 Å². The van der Waals surface area contributed by atoms with Gasteiger partial charge in [-0.05, 0) is 55.3 Å². The Labute approximate surface area is 375 Å². The third-order valence-electron chi connectivity index (χ3n) is 13.2. The van der Waals surface area contributed by atoms with Crippen LogP contribution in [-0.4, -0.2) is 29.9 Å². The second kappa shape index (κ2) is 14.6. The van der Waals surface area contributed by atoms with E-state index in [2.05, 4.69) is 151 Å². The molecule has 6 heteroatoms. The van der Waals surface area contributed by atoms with Gasteiger partial charge in [-0.2, -0.15) is 0 Å². The Bertz CT molecular complexity index is 2890. The average Bonchev–Trinajstić information content (AvgIpc) is 3.33. The Kier molecular flexibility index (Phi) is 8.97. The SMILES string of the molecule is CC(C)(C)c1ccc2c(c1)C1(c3nc(-c4ccccc4)nc(-c4ccccc4)n3)c3ccccc3C2(c2nc(-c3ccccc3)nc(-c3ccccc3)n2)c2cc(C(C)(C)C)ccc21. The fourth-order valence-electron chi connectivity index (χ4n) is 9.98. The molecule has 0 radical (unpaired) electrons. The van der Waals surface area contributed by atoms with E-state index in [4.69, 9.17) is 29.9 Å². The molecule has 9 aromatic rings. The van der Waals surface area contributed by atoms with E-state index in [0.717, 1.165) is 55.6 Å². The van der Waals surface area contributed by atoms with Gasteiger partial charge in [0.2, 0.25) is 0 Å². The van der Waals surface area contributed by atoms with Crippen LogP contribution in [0.5, 0.6) is 0 Å². The molecular formula is C58H48N6. The molecule has 6 nitrogen and oxygen atoms in total. The highest BCUT2D eigenvalue weighted by molar-refractivity contribution is 5.82. The van der Waals surface area contributed by atoms with Crippen molar-refractivity contribution in [1.29, 1.82) is 0 Å². The number of rotatable bonds is 6. The molecule has 3 aliphatic rings. The van der Waals surface area contributed by atoms with Gasteiger partial charge in [-0.1, -0.05) is 224 Å². The molecule has 0 aliphatic heterocycles. The van der Waals surface area contributed by atoms with Gasteiger partial charge < -0.3 is 0 Å². The topological polar surface area (TPSA) is 77.3 Å². The monoisotopic (exact) mass is 828 g/mol. The smallest absolute Gasteiger partial charge is 0.163 e. The van der Waals surface area contributed by atoms with E-state index in [1.54, 1.807) is 0 Å². The van der Waals surface area contributed by atoms with Crippen LogP contribution in [0.15, 0.2) is 182 Å². The summed E-state index contributed by atoms with van der Waals surface area (Å²) in [7, 11) is 0. The molecule has 7 aromatic carbocycles. The van der Waals surface area contributed by atoms with Crippen molar-refractivity contribution in [1.82, 2.24) is 29.9 Å². The molecule has 2 unspecified atom stereocenters. The minimum Gasteiger partial charge on any atom is -0.211 e. The van der Waals surface area contributed by atoms with Crippen LogP contribution in [0.25, 0.3) is 45.6 Å². The highest BCUT2D eigenvalue weighted by Crippen LogP contribution is 2.66. The quantitative estimate of drug-likeness (QED) is 0.166. The van der Waals surface area contributed by atoms with E-state index in [0.29, 0.717) is 34.9 Å². The van der Waals surface area contributed by atoms with Gasteiger partial charge in [-0.25, -0.2) is 29.9 Å². The summed E-state index contributed by atoms with van der Waals surface area (Å²) in [5, 5.41) is 0. The number of hydrogen-bond donors (Lipinski definition) is 0. The van der Waals surface area contributed by atoms with Crippen LogP contribution in [0.1, 0.15) is 97.7 Å². The molecule has 0 saturated heterocycles. The van der Waals surface area contributed by atoms with Gasteiger partial charge in [-0.15, -0.1) is 0 Å². The first-order valence-electron chi connectivity index (χ1n) is 22.1. The van der Waals surface area contributed by atoms with Crippen molar-refractivity contribution in [2.75, 3.05) is 0 Å². The van der Waals surface area contributed by atoms with Crippen molar-refractivity contribution >= 4 is 0 Å². The van der Waals surface area contributed by atoms with Crippen LogP contribution >= 0.6 is 0 Å². The Hall–Kier alpha value is -7.44. The standard InChI is InChI=1S/C58H48N6/c1-55(2,3)41-31-33-45-47(35-41)57(53-61-49(37-21-11-7-12-22-37)59-50(62-53)38-23-13-8-14-24-38)43-29-19-20-30-44(43)58(45,48-36-42(56(4,5)6)32-34-46(48)57)54-63-51(39-25-15-9-16-26-39)60-52(64-54)40-27-17-10-18-28-40/h7-36H,1-6H3. The first kappa shape index (κ1) is 39.4. The maximum atomic E-state index is 5.62. The zero-order valence-corrected chi connectivity index (χ0v) is 37.0. The average molecular weight is 829 g/mol. The third-order valence-corrected chi connectivity index (χ3v) is 13.2. The van der Waals surface area contributed by atoms with Gasteiger partial charge in [0.1, 0.15) is 10.8 Å². The van der Waals surface area contributed by atoms with Crippen molar-refractivity contribution in [3.63, 3.8) is 0 Å².